The van der Waals surface area contributed by atoms with Gasteiger partial charge < -0.3 is 15.0 Å². The lowest BCUT2D eigenvalue weighted by atomic mass is 10.1. The van der Waals surface area contributed by atoms with Crippen LogP contribution in [0.1, 0.15) is 11.1 Å². The number of nitrogens with zero attached hydrogens (tertiary/aromatic N) is 3. The normalized spacial score (nSPS) is 10.9. The van der Waals surface area contributed by atoms with Gasteiger partial charge in [0.2, 0.25) is 5.91 Å². The summed E-state index contributed by atoms with van der Waals surface area (Å²) in [5.74, 6) is 0.650. The molecular formula is C22H21N5O3S. The summed E-state index contributed by atoms with van der Waals surface area (Å²) >= 11 is 1.16. The Morgan fingerprint density at radius 3 is 2.55 bits per heavy atom. The minimum Gasteiger partial charge on any atom is -0.497 e. The van der Waals surface area contributed by atoms with Gasteiger partial charge in [-0.15, -0.1) is 0 Å². The highest BCUT2D eigenvalue weighted by molar-refractivity contribution is 7.99. The van der Waals surface area contributed by atoms with Crippen LogP contribution in [0.25, 0.3) is 16.7 Å². The second kappa shape index (κ2) is 8.65. The van der Waals surface area contributed by atoms with Crippen molar-refractivity contribution in [3.63, 3.8) is 0 Å². The molecule has 0 radical (unpaired) electrons. The molecule has 2 heterocycles. The molecule has 0 saturated carbocycles. The van der Waals surface area contributed by atoms with E-state index in [4.69, 9.17) is 4.74 Å². The van der Waals surface area contributed by atoms with E-state index in [1.807, 2.05) is 56.3 Å². The molecule has 2 N–H and O–H groups in total. The number of aromatic nitrogens is 4. The van der Waals surface area contributed by atoms with E-state index in [-0.39, 0.29) is 17.2 Å². The standard InChI is InChI=1S/C22H21N5O3S/c1-13-8-14(2)10-15(9-13)24-19(28)12-31-22-25-20-18(21(29)26-22)11-23-27(20)16-4-6-17(30-3)7-5-16/h4-11H,12H2,1-3H3,(H,24,28)(H,25,26,29). The van der Waals surface area contributed by atoms with Gasteiger partial charge >= 0.3 is 0 Å². The molecule has 31 heavy (non-hydrogen) atoms. The van der Waals surface area contributed by atoms with Crippen LogP contribution in [-0.2, 0) is 4.79 Å². The van der Waals surface area contributed by atoms with Crippen molar-refractivity contribution in [3.05, 3.63) is 70.1 Å². The fourth-order valence-corrected chi connectivity index (χ4v) is 3.91. The van der Waals surface area contributed by atoms with Crippen molar-refractivity contribution in [2.24, 2.45) is 0 Å². The van der Waals surface area contributed by atoms with Gasteiger partial charge in [0.1, 0.15) is 11.1 Å². The minimum atomic E-state index is -0.304. The minimum absolute atomic E-state index is 0.109. The van der Waals surface area contributed by atoms with Gasteiger partial charge in [0, 0.05) is 5.69 Å². The Morgan fingerprint density at radius 2 is 1.87 bits per heavy atom. The molecule has 158 valence electrons. The number of benzene rings is 2. The molecule has 8 nitrogen and oxygen atoms in total. The zero-order valence-corrected chi connectivity index (χ0v) is 18.1. The van der Waals surface area contributed by atoms with Gasteiger partial charge in [-0.05, 0) is 61.4 Å². The Kier molecular flexibility index (Phi) is 5.77. The van der Waals surface area contributed by atoms with E-state index in [0.717, 1.165) is 40.0 Å². The number of hydrogen-bond donors (Lipinski definition) is 2. The third-order valence-corrected chi connectivity index (χ3v) is 5.45. The number of carbonyl (C=O) groups excluding carboxylic acids is 1. The Morgan fingerprint density at radius 1 is 1.16 bits per heavy atom. The molecule has 0 fully saturated rings. The molecule has 4 aromatic rings. The van der Waals surface area contributed by atoms with Gasteiger partial charge in [-0.1, -0.05) is 17.8 Å². The topological polar surface area (TPSA) is 102 Å². The Labute approximate surface area is 182 Å². The van der Waals surface area contributed by atoms with Crippen molar-refractivity contribution in [1.29, 1.82) is 0 Å². The zero-order chi connectivity index (χ0) is 22.0. The fourth-order valence-electron chi connectivity index (χ4n) is 3.26. The number of fused-ring (bicyclic) bond motifs is 1. The molecule has 0 spiro atoms. The smallest absolute Gasteiger partial charge is 0.262 e. The summed E-state index contributed by atoms with van der Waals surface area (Å²) in [5.41, 5.74) is 3.76. The third-order valence-electron chi connectivity index (χ3n) is 4.58. The highest BCUT2D eigenvalue weighted by Crippen LogP contribution is 2.20. The first kappa shape index (κ1) is 20.7. The van der Waals surface area contributed by atoms with Crippen LogP contribution in [0.15, 0.2) is 58.6 Å². The average molecular weight is 436 g/mol. The van der Waals surface area contributed by atoms with Crippen LogP contribution in [0.2, 0.25) is 0 Å². The van der Waals surface area contributed by atoms with Crippen LogP contribution >= 0.6 is 11.8 Å². The summed E-state index contributed by atoms with van der Waals surface area (Å²) < 4.78 is 6.77. The number of amides is 1. The number of anilines is 1. The Hall–Kier alpha value is -3.59. The highest BCUT2D eigenvalue weighted by atomic mass is 32.2. The third kappa shape index (κ3) is 4.61. The first-order valence-corrected chi connectivity index (χ1v) is 10.5. The Balaban J connectivity index is 1.54. The van der Waals surface area contributed by atoms with Crippen LogP contribution in [0.5, 0.6) is 5.75 Å². The van der Waals surface area contributed by atoms with Gasteiger partial charge in [0.25, 0.3) is 5.56 Å². The molecule has 0 bridgehead atoms. The predicted octanol–water partition coefficient (Wildman–Crippen LogP) is 3.47. The first-order valence-electron chi connectivity index (χ1n) is 9.56. The maximum atomic E-state index is 12.5. The molecule has 1 amide bonds. The van der Waals surface area contributed by atoms with E-state index in [9.17, 15) is 9.59 Å². The van der Waals surface area contributed by atoms with Gasteiger partial charge in [-0.25, -0.2) is 9.67 Å². The van der Waals surface area contributed by atoms with Crippen molar-refractivity contribution < 1.29 is 9.53 Å². The lowest BCUT2D eigenvalue weighted by molar-refractivity contribution is -0.113. The number of carbonyl (C=O) groups is 1. The number of H-pyrrole nitrogens is 1. The molecule has 2 aromatic carbocycles. The van der Waals surface area contributed by atoms with Crippen LogP contribution in [0, 0.1) is 13.8 Å². The molecule has 0 saturated heterocycles. The van der Waals surface area contributed by atoms with Crippen molar-refractivity contribution >= 4 is 34.4 Å². The number of aromatic amines is 1. The summed E-state index contributed by atoms with van der Waals surface area (Å²) in [6, 6.07) is 13.1. The maximum absolute atomic E-state index is 12.5. The van der Waals surface area contributed by atoms with E-state index in [1.165, 1.54) is 6.20 Å². The van der Waals surface area contributed by atoms with Crippen LogP contribution < -0.4 is 15.6 Å². The lowest BCUT2D eigenvalue weighted by Crippen LogP contribution is -2.16. The van der Waals surface area contributed by atoms with Crippen LogP contribution in [0.3, 0.4) is 0 Å². The predicted molar refractivity (Wildman–Crippen MR) is 121 cm³/mol. The average Bonchev–Trinajstić information content (AvgIpc) is 3.16. The van der Waals surface area contributed by atoms with Crippen molar-refractivity contribution in [2.45, 2.75) is 19.0 Å². The van der Waals surface area contributed by atoms with Crippen molar-refractivity contribution in [2.75, 3.05) is 18.2 Å². The number of methoxy groups -OCH3 is 1. The van der Waals surface area contributed by atoms with E-state index < -0.39 is 0 Å². The lowest BCUT2D eigenvalue weighted by Gasteiger charge is -2.08. The molecule has 9 heteroatoms. The highest BCUT2D eigenvalue weighted by Gasteiger charge is 2.13. The number of aryl methyl sites for hydroxylation is 2. The molecule has 0 unspecified atom stereocenters. The summed E-state index contributed by atoms with van der Waals surface area (Å²) in [6.45, 7) is 3.96. The summed E-state index contributed by atoms with van der Waals surface area (Å²) in [4.78, 5) is 32.1. The van der Waals surface area contributed by atoms with Crippen molar-refractivity contribution in [3.8, 4) is 11.4 Å². The van der Waals surface area contributed by atoms with E-state index >= 15 is 0 Å². The molecule has 0 aliphatic carbocycles. The first-order chi connectivity index (χ1) is 14.9. The summed E-state index contributed by atoms with van der Waals surface area (Å²) in [6.07, 6.45) is 1.48. The van der Waals surface area contributed by atoms with E-state index in [1.54, 1.807) is 11.8 Å². The van der Waals surface area contributed by atoms with Crippen LogP contribution in [-0.4, -0.2) is 38.5 Å². The van der Waals surface area contributed by atoms with Gasteiger partial charge in [-0.3, -0.25) is 9.59 Å². The molecule has 0 aliphatic heterocycles. The van der Waals surface area contributed by atoms with Crippen LogP contribution in [0.4, 0.5) is 5.69 Å². The number of nitrogens with one attached hydrogen (secondary N) is 2. The SMILES string of the molecule is COc1ccc(-n2ncc3c(=O)[nH]c(SCC(=O)Nc4cc(C)cc(C)c4)nc32)cc1. The number of thioether (sulfide) groups is 1. The molecule has 2 aromatic heterocycles. The van der Waals surface area contributed by atoms with Gasteiger partial charge in [0.15, 0.2) is 10.8 Å². The summed E-state index contributed by atoms with van der Waals surface area (Å²) in [5, 5.41) is 7.90. The largest absolute Gasteiger partial charge is 0.497 e. The van der Waals surface area contributed by atoms with Crippen molar-refractivity contribution in [1.82, 2.24) is 19.7 Å². The Bertz CT molecular complexity index is 1290. The van der Waals surface area contributed by atoms with E-state index in [0.29, 0.717) is 16.2 Å². The molecular weight excluding hydrogens is 414 g/mol. The second-order valence-corrected chi connectivity index (χ2v) is 8.04. The van der Waals surface area contributed by atoms with Gasteiger partial charge in [0.05, 0.1) is 24.7 Å². The molecule has 0 aliphatic rings. The second-order valence-electron chi connectivity index (χ2n) is 7.08. The fraction of sp³-hybridized carbons (Fsp3) is 0.182. The number of ether oxygens (including phenoxy) is 1. The quantitative estimate of drug-likeness (QED) is 0.355. The number of hydrogen-bond acceptors (Lipinski definition) is 6. The zero-order valence-electron chi connectivity index (χ0n) is 17.3. The maximum Gasteiger partial charge on any atom is 0.262 e. The summed E-state index contributed by atoms with van der Waals surface area (Å²) in [7, 11) is 1.60. The molecule has 4 rings (SSSR count). The van der Waals surface area contributed by atoms with E-state index in [2.05, 4.69) is 20.4 Å². The van der Waals surface area contributed by atoms with Gasteiger partial charge in [-0.2, -0.15) is 5.10 Å². The monoisotopic (exact) mass is 435 g/mol. The number of rotatable bonds is 6. The molecule has 0 atom stereocenters.